The van der Waals surface area contributed by atoms with Gasteiger partial charge < -0.3 is 5.73 Å². The van der Waals surface area contributed by atoms with E-state index in [-0.39, 0.29) is 0 Å². The molecule has 0 amide bonds. The highest BCUT2D eigenvalue weighted by molar-refractivity contribution is 7.80. The molecule has 0 spiro atoms. The molecule has 0 unspecified atom stereocenters. The lowest BCUT2D eigenvalue weighted by atomic mass is 10.3. The number of nitrogen functional groups attached to an aromatic ring is 1. The third kappa shape index (κ3) is 1.30. The Morgan fingerprint density at radius 1 is 1.50 bits per heavy atom. The summed E-state index contributed by atoms with van der Waals surface area (Å²) in [5.41, 5.74) is 6.89. The molecular weight excluding hydrogens is 144 g/mol. The zero-order valence-electron chi connectivity index (χ0n) is 5.41. The minimum absolute atomic E-state index is 0.681. The predicted octanol–water partition coefficient (Wildman–Crippen LogP) is 1.89. The number of aliphatic imine (C=N–C) groups is 1. The molecule has 0 aliphatic carbocycles. The van der Waals surface area contributed by atoms with Gasteiger partial charge in [0.05, 0.1) is 5.69 Å². The molecule has 52 valence electrons. The fourth-order valence-electron chi connectivity index (χ4n) is 0.667. The van der Waals surface area contributed by atoms with Crippen LogP contribution in [-0.2, 0) is 0 Å². The normalized spacial score (nSPS) is 9.30. The van der Waals surface area contributed by atoms with Crippen molar-refractivity contribution in [3.8, 4) is 0 Å². The molecule has 1 aromatic carbocycles. The van der Waals surface area contributed by atoms with Gasteiger partial charge in [-0.05, 0) is 24.9 Å². The number of rotatable bonds is 1. The van der Waals surface area contributed by atoms with Crippen molar-refractivity contribution in [3.63, 3.8) is 0 Å². The van der Waals surface area contributed by atoms with Crippen LogP contribution in [0, 0.1) is 0 Å². The van der Waals surface area contributed by atoms with Crippen molar-refractivity contribution in [1.82, 2.24) is 0 Å². The fourth-order valence-corrected chi connectivity index (χ4v) is 0.877. The summed E-state index contributed by atoms with van der Waals surface area (Å²) in [5, 5.41) is 0. The second kappa shape index (κ2) is 2.75. The highest BCUT2D eigenvalue weighted by Crippen LogP contribution is 2.24. The van der Waals surface area contributed by atoms with Crippen LogP contribution in [0.1, 0.15) is 0 Å². The van der Waals surface area contributed by atoms with E-state index >= 15 is 0 Å². The number of hydrogen-bond donors (Lipinski definition) is 2. The summed E-state index contributed by atoms with van der Waals surface area (Å²) in [7, 11) is 0. The molecular formula is C7H8N2S. The Kier molecular flexibility index (Phi) is 1.97. The van der Waals surface area contributed by atoms with Gasteiger partial charge in [0.1, 0.15) is 0 Å². The smallest absolute Gasteiger partial charge is 0.0776 e. The summed E-state index contributed by atoms with van der Waals surface area (Å²) in [6, 6.07) is 5.30. The van der Waals surface area contributed by atoms with Gasteiger partial charge in [-0.3, -0.25) is 4.99 Å². The summed E-state index contributed by atoms with van der Waals surface area (Å²) >= 11 is 4.14. The quantitative estimate of drug-likeness (QED) is 0.360. The monoisotopic (exact) mass is 152 g/mol. The van der Waals surface area contributed by atoms with Crippen LogP contribution in [0.25, 0.3) is 0 Å². The molecule has 0 atom stereocenters. The summed E-state index contributed by atoms with van der Waals surface area (Å²) in [4.78, 5) is 4.52. The van der Waals surface area contributed by atoms with E-state index in [9.17, 15) is 0 Å². The number of benzene rings is 1. The molecule has 0 saturated heterocycles. The molecule has 3 heteroatoms. The van der Waals surface area contributed by atoms with E-state index in [0.717, 1.165) is 10.6 Å². The van der Waals surface area contributed by atoms with Crippen molar-refractivity contribution in [1.29, 1.82) is 0 Å². The first-order valence-corrected chi connectivity index (χ1v) is 3.24. The Hall–Kier alpha value is -0.960. The van der Waals surface area contributed by atoms with E-state index in [2.05, 4.69) is 24.3 Å². The van der Waals surface area contributed by atoms with Crippen LogP contribution in [0.3, 0.4) is 0 Å². The molecule has 1 aromatic rings. The minimum Gasteiger partial charge on any atom is -0.399 e. The highest BCUT2D eigenvalue weighted by atomic mass is 32.1. The van der Waals surface area contributed by atoms with Crippen molar-refractivity contribution in [3.05, 3.63) is 18.2 Å². The van der Waals surface area contributed by atoms with E-state index in [1.54, 1.807) is 18.2 Å². The number of nitrogens with zero attached hydrogens (tertiary/aromatic N) is 1. The van der Waals surface area contributed by atoms with E-state index in [1.165, 1.54) is 0 Å². The second-order valence-electron chi connectivity index (χ2n) is 1.91. The van der Waals surface area contributed by atoms with Gasteiger partial charge in [0, 0.05) is 10.6 Å². The minimum atomic E-state index is 0.681. The average molecular weight is 152 g/mol. The van der Waals surface area contributed by atoms with E-state index < -0.39 is 0 Å². The van der Waals surface area contributed by atoms with Crippen LogP contribution in [0.15, 0.2) is 28.1 Å². The third-order valence-corrected chi connectivity index (χ3v) is 1.55. The van der Waals surface area contributed by atoms with Gasteiger partial charge in [-0.1, -0.05) is 0 Å². The lowest BCUT2D eigenvalue weighted by Crippen LogP contribution is -1.82. The molecule has 0 saturated carbocycles. The molecule has 0 bridgehead atoms. The van der Waals surface area contributed by atoms with Crippen LogP contribution in [0.4, 0.5) is 11.4 Å². The van der Waals surface area contributed by atoms with Crippen molar-refractivity contribution in [2.45, 2.75) is 4.90 Å². The topological polar surface area (TPSA) is 38.4 Å². The molecule has 0 aromatic heterocycles. The summed E-state index contributed by atoms with van der Waals surface area (Å²) in [5.74, 6) is 0. The maximum atomic E-state index is 5.48. The summed E-state index contributed by atoms with van der Waals surface area (Å²) in [6.07, 6.45) is 0. The first kappa shape index (κ1) is 7.15. The molecule has 2 N–H and O–H groups in total. The fraction of sp³-hybridized carbons (Fsp3) is 0. The number of thiol groups is 1. The van der Waals surface area contributed by atoms with Crippen LogP contribution in [-0.4, -0.2) is 6.72 Å². The van der Waals surface area contributed by atoms with Gasteiger partial charge in [0.25, 0.3) is 0 Å². The van der Waals surface area contributed by atoms with Gasteiger partial charge >= 0.3 is 0 Å². The molecule has 0 radical (unpaired) electrons. The molecule has 10 heavy (non-hydrogen) atoms. The van der Waals surface area contributed by atoms with Gasteiger partial charge in [0.2, 0.25) is 0 Å². The van der Waals surface area contributed by atoms with Crippen LogP contribution in [0.2, 0.25) is 0 Å². The molecule has 1 rings (SSSR count). The number of hydrogen-bond acceptors (Lipinski definition) is 3. The van der Waals surface area contributed by atoms with Crippen LogP contribution < -0.4 is 5.73 Å². The Morgan fingerprint density at radius 3 is 2.70 bits per heavy atom. The first-order chi connectivity index (χ1) is 4.74. The van der Waals surface area contributed by atoms with Crippen molar-refractivity contribution in [2.24, 2.45) is 4.99 Å². The maximum absolute atomic E-state index is 5.48. The third-order valence-electron chi connectivity index (χ3n) is 1.17. The zero-order chi connectivity index (χ0) is 7.56. The number of anilines is 1. The van der Waals surface area contributed by atoms with E-state index in [1.807, 2.05) is 0 Å². The molecule has 0 aliphatic heterocycles. The first-order valence-electron chi connectivity index (χ1n) is 2.79. The SMILES string of the molecule is C=Nc1cc(N)ccc1S. The van der Waals surface area contributed by atoms with Crippen molar-refractivity contribution < 1.29 is 0 Å². The second-order valence-corrected chi connectivity index (χ2v) is 2.39. The molecule has 0 aliphatic rings. The predicted molar refractivity (Wildman–Crippen MR) is 47.3 cm³/mol. The van der Waals surface area contributed by atoms with E-state index in [4.69, 9.17) is 5.73 Å². The summed E-state index contributed by atoms with van der Waals surface area (Å²) in [6.45, 7) is 3.38. The van der Waals surface area contributed by atoms with Crippen molar-refractivity contribution in [2.75, 3.05) is 5.73 Å². The Bertz CT molecular complexity index is 258. The van der Waals surface area contributed by atoms with Crippen molar-refractivity contribution >= 4 is 30.7 Å². The van der Waals surface area contributed by atoms with Gasteiger partial charge in [-0.2, -0.15) is 0 Å². The largest absolute Gasteiger partial charge is 0.399 e. The Labute approximate surface area is 65.2 Å². The maximum Gasteiger partial charge on any atom is 0.0776 e. The van der Waals surface area contributed by atoms with Gasteiger partial charge in [0.15, 0.2) is 0 Å². The van der Waals surface area contributed by atoms with Crippen LogP contribution in [0.5, 0.6) is 0 Å². The lowest BCUT2D eigenvalue weighted by Gasteiger charge is -1.98. The van der Waals surface area contributed by atoms with Gasteiger partial charge in [-0.25, -0.2) is 0 Å². The lowest BCUT2D eigenvalue weighted by molar-refractivity contribution is 1.40. The molecule has 0 heterocycles. The summed E-state index contributed by atoms with van der Waals surface area (Å²) < 4.78 is 0. The number of nitrogens with two attached hydrogens (primary N) is 1. The Morgan fingerprint density at radius 2 is 2.20 bits per heavy atom. The van der Waals surface area contributed by atoms with E-state index in [0.29, 0.717) is 5.69 Å². The van der Waals surface area contributed by atoms with Gasteiger partial charge in [-0.15, -0.1) is 12.6 Å². The molecule has 0 fully saturated rings. The average Bonchev–Trinajstić information content (AvgIpc) is 1.94. The van der Waals surface area contributed by atoms with Crippen LogP contribution >= 0.6 is 12.6 Å². The Balaban J connectivity index is 3.21. The molecule has 2 nitrogen and oxygen atoms in total. The highest BCUT2D eigenvalue weighted by Gasteiger charge is 1.94. The zero-order valence-corrected chi connectivity index (χ0v) is 6.31. The standard InChI is InChI=1S/C7H8N2S/c1-9-6-4-5(8)2-3-7(6)10/h2-4,10H,1,8H2.